The first-order valence-corrected chi connectivity index (χ1v) is 11.8. The highest BCUT2D eigenvalue weighted by Gasteiger charge is 2.21. The average molecular weight is 483 g/mol. The van der Waals surface area contributed by atoms with E-state index in [0.29, 0.717) is 41.1 Å². The predicted octanol–water partition coefficient (Wildman–Crippen LogP) is 4.54. The molecule has 4 aromatic rings. The van der Waals surface area contributed by atoms with Crippen molar-refractivity contribution in [3.8, 4) is 17.3 Å². The zero-order chi connectivity index (χ0) is 24.4. The van der Waals surface area contributed by atoms with E-state index in [2.05, 4.69) is 37.3 Å². The lowest BCUT2D eigenvalue weighted by Gasteiger charge is -2.29. The summed E-state index contributed by atoms with van der Waals surface area (Å²) in [4.78, 5) is 16.0. The second kappa shape index (κ2) is 9.83. The second-order valence-electron chi connectivity index (χ2n) is 9.07. The maximum atomic E-state index is 13.4. The number of ether oxygens (including phenoxy) is 1. The largest absolute Gasteiger partial charge is 0.463 e. The van der Waals surface area contributed by atoms with Crippen molar-refractivity contribution in [2.75, 3.05) is 37.8 Å². The van der Waals surface area contributed by atoms with Crippen molar-refractivity contribution in [3.05, 3.63) is 60.2 Å². The number of nitrogens with one attached hydrogen (secondary N) is 1. The summed E-state index contributed by atoms with van der Waals surface area (Å²) in [5, 5.41) is 7.75. The van der Waals surface area contributed by atoms with E-state index in [1.165, 1.54) is 12.1 Å². The molecule has 0 saturated carbocycles. The minimum absolute atomic E-state index is 0. The first kappa shape index (κ1) is 23.0. The van der Waals surface area contributed by atoms with Gasteiger partial charge in [-0.15, -0.1) is 5.10 Å². The van der Waals surface area contributed by atoms with Gasteiger partial charge in [-0.1, -0.05) is 12.1 Å². The van der Waals surface area contributed by atoms with Gasteiger partial charge in [0.05, 0.1) is 17.9 Å². The molecule has 1 unspecified atom stereocenters. The summed E-state index contributed by atoms with van der Waals surface area (Å²) in [6.07, 6.45) is 5.74. The standard InChI is InChI=1S/C25H29FN8O.3H2/c1-16(18-6-8-19(26)9-7-18)29-21-13-20(22-23(27)32-34-12-4-10-28-24(22)34)30-25(31-21)35-15-17-5-3-11-33(2)14-17;;;/h4,6-10,12-13,16-17H,3,5,11,14-15H2,1-2H3,(H2,27,32)(H,29,30,31);3*1H/t16-,17?;;;/m0.../s1. The van der Waals surface area contributed by atoms with Crippen LogP contribution < -0.4 is 15.8 Å². The van der Waals surface area contributed by atoms with E-state index in [9.17, 15) is 4.39 Å². The summed E-state index contributed by atoms with van der Waals surface area (Å²) < 4.78 is 21.1. The zero-order valence-corrected chi connectivity index (χ0v) is 19.9. The number of nitrogens with zero attached hydrogens (tertiary/aromatic N) is 6. The van der Waals surface area contributed by atoms with Gasteiger partial charge in [0.1, 0.15) is 11.6 Å². The minimum atomic E-state index is -0.273. The van der Waals surface area contributed by atoms with Crippen LogP contribution in [0.3, 0.4) is 0 Å². The van der Waals surface area contributed by atoms with Gasteiger partial charge in [-0.3, -0.25) is 0 Å². The second-order valence-corrected chi connectivity index (χ2v) is 9.07. The fourth-order valence-corrected chi connectivity index (χ4v) is 4.50. The molecule has 9 nitrogen and oxygen atoms in total. The summed E-state index contributed by atoms with van der Waals surface area (Å²) in [6.45, 7) is 4.61. The number of piperidine rings is 1. The highest BCUT2D eigenvalue weighted by Crippen LogP contribution is 2.31. The molecule has 1 saturated heterocycles. The van der Waals surface area contributed by atoms with Gasteiger partial charge in [-0.25, -0.2) is 13.9 Å². The molecule has 0 spiro atoms. The van der Waals surface area contributed by atoms with Gasteiger partial charge >= 0.3 is 6.01 Å². The number of nitrogen functional groups attached to an aromatic ring is 1. The van der Waals surface area contributed by atoms with Crippen molar-refractivity contribution in [1.82, 2.24) is 29.5 Å². The fourth-order valence-electron chi connectivity index (χ4n) is 4.50. The number of fused-ring (bicyclic) bond motifs is 1. The molecule has 0 amide bonds. The van der Waals surface area contributed by atoms with Crippen LogP contribution >= 0.6 is 0 Å². The number of aromatic nitrogens is 5. The number of likely N-dealkylation sites (tertiary alicyclic amines) is 1. The zero-order valence-electron chi connectivity index (χ0n) is 19.9. The van der Waals surface area contributed by atoms with Gasteiger partial charge in [-0.05, 0) is 57.1 Å². The summed E-state index contributed by atoms with van der Waals surface area (Å²) in [6, 6.07) is 10.1. The molecule has 0 bridgehead atoms. The van der Waals surface area contributed by atoms with Crippen LogP contribution in [0.5, 0.6) is 6.01 Å². The third-order valence-corrected chi connectivity index (χ3v) is 6.29. The summed E-state index contributed by atoms with van der Waals surface area (Å²) in [5.74, 6) is 1.03. The molecule has 5 rings (SSSR count). The van der Waals surface area contributed by atoms with Crippen LogP contribution in [-0.4, -0.2) is 56.2 Å². The maximum Gasteiger partial charge on any atom is 0.318 e. The molecule has 0 radical (unpaired) electrons. The SMILES string of the molecule is C[C@H](Nc1cc(-c2c(N)nn3cccnc23)nc(OCC2CCCN(C)C2)n1)c1ccc(F)cc1.[HH].[HH].[HH]. The fraction of sp³-hybridized carbons (Fsp3) is 0.360. The van der Waals surface area contributed by atoms with Crippen LogP contribution in [0.15, 0.2) is 48.8 Å². The van der Waals surface area contributed by atoms with Gasteiger partial charge in [-0.2, -0.15) is 9.97 Å². The number of anilines is 2. The van der Waals surface area contributed by atoms with Gasteiger partial charge in [0.25, 0.3) is 0 Å². The number of halogens is 1. The minimum Gasteiger partial charge on any atom is -0.463 e. The molecule has 3 N–H and O–H groups in total. The molecule has 10 heteroatoms. The molecular formula is C25H35FN8O. The quantitative estimate of drug-likeness (QED) is 0.395. The molecule has 35 heavy (non-hydrogen) atoms. The Morgan fingerprint density at radius 1 is 1.29 bits per heavy atom. The predicted molar refractivity (Wildman–Crippen MR) is 139 cm³/mol. The summed E-state index contributed by atoms with van der Waals surface area (Å²) >= 11 is 0. The molecule has 4 heterocycles. The van der Waals surface area contributed by atoms with E-state index in [4.69, 9.17) is 10.5 Å². The Kier molecular flexibility index (Phi) is 6.45. The van der Waals surface area contributed by atoms with Gasteiger partial charge < -0.3 is 20.7 Å². The Morgan fingerprint density at radius 3 is 2.91 bits per heavy atom. The summed E-state index contributed by atoms with van der Waals surface area (Å²) in [5.41, 5.74) is 8.97. The lowest BCUT2D eigenvalue weighted by molar-refractivity contribution is 0.144. The highest BCUT2D eigenvalue weighted by atomic mass is 19.1. The number of hydrogen-bond acceptors (Lipinski definition) is 8. The van der Waals surface area contributed by atoms with E-state index in [-0.39, 0.29) is 22.1 Å². The topological polar surface area (TPSA) is 106 Å². The third-order valence-electron chi connectivity index (χ3n) is 6.29. The van der Waals surface area contributed by atoms with Crippen molar-refractivity contribution >= 4 is 17.3 Å². The molecule has 2 atom stereocenters. The monoisotopic (exact) mass is 482 g/mol. The Balaban J connectivity index is 0.00000169. The molecule has 3 aromatic heterocycles. The Bertz CT molecular complexity index is 1320. The molecule has 188 valence electrons. The van der Waals surface area contributed by atoms with Crippen LogP contribution in [-0.2, 0) is 0 Å². The van der Waals surface area contributed by atoms with Crippen LogP contribution in [0.1, 0.15) is 35.7 Å². The maximum absolute atomic E-state index is 13.4. The molecule has 1 aromatic carbocycles. The van der Waals surface area contributed by atoms with Gasteiger partial charge in [0, 0.05) is 41.2 Å². The van der Waals surface area contributed by atoms with Gasteiger partial charge in [0.15, 0.2) is 11.5 Å². The van der Waals surface area contributed by atoms with Crippen molar-refractivity contribution in [2.45, 2.75) is 25.8 Å². The Morgan fingerprint density at radius 2 is 2.11 bits per heavy atom. The molecule has 0 aliphatic carbocycles. The molecular weight excluding hydrogens is 447 g/mol. The van der Waals surface area contributed by atoms with Crippen LogP contribution in [0.2, 0.25) is 0 Å². The lowest BCUT2D eigenvalue weighted by Crippen LogP contribution is -2.34. The Labute approximate surface area is 207 Å². The number of nitrogens with two attached hydrogens (primary N) is 1. The normalized spacial score (nSPS) is 17.4. The van der Waals surface area contributed by atoms with Gasteiger partial charge in [0.2, 0.25) is 0 Å². The van der Waals surface area contributed by atoms with E-state index in [1.54, 1.807) is 35.1 Å². The van der Waals surface area contributed by atoms with Crippen molar-refractivity contribution < 1.29 is 13.4 Å². The number of benzene rings is 1. The smallest absolute Gasteiger partial charge is 0.318 e. The van der Waals surface area contributed by atoms with Crippen molar-refractivity contribution in [2.24, 2.45) is 5.92 Å². The van der Waals surface area contributed by atoms with Crippen molar-refractivity contribution in [1.29, 1.82) is 0 Å². The molecule has 1 fully saturated rings. The highest BCUT2D eigenvalue weighted by molar-refractivity contribution is 5.85. The van der Waals surface area contributed by atoms with Crippen molar-refractivity contribution in [3.63, 3.8) is 0 Å². The van der Waals surface area contributed by atoms with Crippen LogP contribution in [0.25, 0.3) is 16.9 Å². The van der Waals surface area contributed by atoms with E-state index < -0.39 is 0 Å². The lowest BCUT2D eigenvalue weighted by atomic mass is 10.00. The third kappa shape index (κ3) is 5.17. The number of rotatable bonds is 7. The van der Waals surface area contributed by atoms with E-state index in [0.717, 1.165) is 31.5 Å². The first-order valence-electron chi connectivity index (χ1n) is 11.8. The Hall–Kier alpha value is -3.79. The molecule has 1 aliphatic rings. The van der Waals surface area contributed by atoms with Crippen LogP contribution in [0.4, 0.5) is 16.0 Å². The van der Waals surface area contributed by atoms with Crippen LogP contribution in [0, 0.1) is 11.7 Å². The number of hydrogen-bond donors (Lipinski definition) is 2. The summed E-state index contributed by atoms with van der Waals surface area (Å²) in [7, 11) is 2.13. The first-order chi connectivity index (χ1) is 17.0. The van der Waals surface area contributed by atoms with E-state index >= 15 is 0 Å². The molecule has 1 aliphatic heterocycles. The average Bonchev–Trinajstić information content (AvgIpc) is 3.19. The van der Waals surface area contributed by atoms with E-state index in [1.807, 2.05) is 13.0 Å².